The molecule has 0 aliphatic heterocycles. The topological polar surface area (TPSA) is 234 Å². The highest BCUT2D eigenvalue weighted by Crippen LogP contribution is 1.62. The van der Waals surface area contributed by atoms with Gasteiger partial charge in [0.05, 0.1) is 67.7 Å². The van der Waals surface area contributed by atoms with Crippen molar-refractivity contribution in [1.82, 2.24) is 0 Å². The number of nitriles is 9. The van der Waals surface area contributed by atoms with Crippen molar-refractivity contribution in [3.8, 4) is 54.6 Å². The van der Waals surface area contributed by atoms with Gasteiger partial charge in [-0.05, 0) is 0 Å². The summed E-state index contributed by atoms with van der Waals surface area (Å²) < 4.78 is 0. The zero-order valence-corrected chi connectivity index (χ0v) is 18.4. The van der Waals surface area contributed by atoms with Gasteiger partial charge in [-0.2, -0.15) is 47.4 Å². The molecule has 0 aliphatic carbocycles. The fraction of sp³-hybridized carbons (Fsp3) is 0.526. The van der Waals surface area contributed by atoms with Gasteiger partial charge in [-0.1, -0.05) is 0 Å². The van der Waals surface area contributed by atoms with Crippen LogP contribution >= 0.6 is 0 Å². The SMILES string of the molecule is CC#N.CC#N.CC#N.CC#N.CC#N.CC#N.CC#N.CC#N.N#CCCO. The van der Waals surface area contributed by atoms with E-state index in [9.17, 15) is 0 Å². The zero-order chi connectivity index (χ0) is 25.8. The molecular weight excluding hydrogens is 370 g/mol. The van der Waals surface area contributed by atoms with E-state index in [1.807, 2.05) is 0 Å². The number of rotatable bonds is 1. The van der Waals surface area contributed by atoms with Crippen LogP contribution in [0.3, 0.4) is 0 Å². The van der Waals surface area contributed by atoms with Crippen LogP contribution in [0.5, 0.6) is 0 Å². The van der Waals surface area contributed by atoms with E-state index in [0.29, 0.717) is 0 Å². The largest absolute Gasteiger partial charge is 0.395 e. The quantitative estimate of drug-likeness (QED) is 0.660. The van der Waals surface area contributed by atoms with Crippen LogP contribution in [0.15, 0.2) is 0 Å². The Morgan fingerprint density at radius 3 is 0.517 bits per heavy atom. The molecule has 10 nitrogen and oxygen atoms in total. The van der Waals surface area contributed by atoms with Crippen LogP contribution in [0.25, 0.3) is 0 Å². The van der Waals surface area contributed by atoms with E-state index in [4.69, 9.17) is 52.5 Å². The molecule has 0 saturated heterocycles. The number of hydrogen-bond donors (Lipinski definition) is 1. The third kappa shape index (κ3) is 1540. The normalized spacial score (nSPS) is 3.31. The van der Waals surface area contributed by atoms with Crippen molar-refractivity contribution in [2.75, 3.05) is 6.61 Å². The summed E-state index contributed by atoms with van der Waals surface area (Å²) in [4.78, 5) is 0. The second kappa shape index (κ2) is 288. The zero-order valence-electron chi connectivity index (χ0n) is 18.4. The molecule has 1 N–H and O–H groups in total. The Morgan fingerprint density at radius 1 is 0.414 bits per heavy atom. The van der Waals surface area contributed by atoms with E-state index in [0.717, 1.165) is 0 Å². The van der Waals surface area contributed by atoms with Crippen LogP contribution in [0.2, 0.25) is 0 Å². The maximum absolute atomic E-state index is 7.84. The summed E-state index contributed by atoms with van der Waals surface area (Å²) >= 11 is 0. The first-order chi connectivity index (χ1) is 13.7. The smallest absolute Gasteiger partial charge is 0.0645 e. The standard InChI is InChI=1S/C3H5NO.8C2H3N/c4-2-1-3-5;8*1-2-3/h5H,1,3H2;8*1H3. The Bertz CT molecular complexity index is 452. The van der Waals surface area contributed by atoms with Gasteiger partial charge in [0.15, 0.2) is 0 Å². The Balaban J connectivity index is -0.0000000223. The van der Waals surface area contributed by atoms with Gasteiger partial charge in [0.2, 0.25) is 0 Å². The lowest BCUT2D eigenvalue weighted by Gasteiger charge is -1.67. The number of aliphatic hydroxyl groups excluding tert-OH is 1. The third-order valence-corrected chi connectivity index (χ3v) is 0.224. The molecular formula is C19H29N9O. The molecule has 0 heterocycles. The Morgan fingerprint density at radius 2 is 0.517 bits per heavy atom. The molecule has 0 aromatic rings. The van der Waals surface area contributed by atoms with Gasteiger partial charge in [-0.3, -0.25) is 0 Å². The highest BCUT2D eigenvalue weighted by molar-refractivity contribution is 4.65. The van der Waals surface area contributed by atoms with E-state index in [1.165, 1.54) is 55.4 Å². The predicted octanol–water partition coefficient (Wildman–Crippen LogP) is 4.13. The van der Waals surface area contributed by atoms with Gasteiger partial charge < -0.3 is 5.11 Å². The lowest BCUT2D eigenvalue weighted by molar-refractivity contribution is 0.304. The van der Waals surface area contributed by atoms with E-state index in [-0.39, 0.29) is 13.0 Å². The van der Waals surface area contributed by atoms with Crippen LogP contribution in [0.4, 0.5) is 0 Å². The number of hydrogen-bond acceptors (Lipinski definition) is 10. The summed E-state index contributed by atoms with van der Waals surface area (Å²) in [5, 5.41) is 74.1. The lowest BCUT2D eigenvalue weighted by Crippen LogP contribution is -1.72. The molecule has 0 aromatic carbocycles. The fourth-order valence-electron chi connectivity index (χ4n) is 0.0500. The van der Waals surface area contributed by atoms with Crippen LogP contribution in [0, 0.1) is 102 Å². The molecule has 0 rings (SSSR count). The Hall–Kier alpha value is -4.63. The van der Waals surface area contributed by atoms with E-state index >= 15 is 0 Å². The second-order valence-electron chi connectivity index (χ2n) is 2.42. The summed E-state index contributed by atoms with van der Waals surface area (Å²) in [6.45, 7) is 11.4. The molecule has 0 amide bonds. The average Bonchev–Trinajstić information content (AvgIpc) is 2.61. The Labute approximate surface area is 176 Å². The molecule has 0 aliphatic rings. The van der Waals surface area contributed by atoms with Crippen LogP contribution < -0.4 is 0 Å². The van der Waals surface area contributed by atoms with Crippen molar-refractivity contribution in [2.45, 2.75) is 61.8 Å². The first kappa shape index (κ1) is 56.3. The minimum Gasteiger partial charge on any atom is -0.395 e. The molecule has 0 aromatic heterocycles. The number of aliphatic hydroxyl groups is 1. The second-order valence-corrected chi connectivity index (χ2v) is 2.42. The van der Waals surface area contributed by atoms with Crippen LogP contribution in [-0.4, -0.2) is 11.7 Å². The third-order valence-electron chi connectivity index (χ3n) is 0.224. The van der Waals surface area contributed by atoms with Crippen molar-refractivity contribution >= 4 is 0 Å². The van der Waals surface area contributed by atoms with Crippen molar-refractivity contribution in [1.29, 1.82) is 47.4 Å². The first-order valence-electron chi connectivity index (χ1n) is 7.18. The van der Waals surface area contributed by atoms with Crippen molar-refractivity contribution < 1.29 is 5.11 Å². The summed E-state index contributed by atoms with van der Waals surface area (Å²) in [6, 6.07) is 15.8. The predicted molar refractivity (Wildman–Crippen MR) is 108 cm³/mol. The van der Waals surface area contributed by atoms with Crippen molar-refractivity contribution in [3.63, 3.8) is 0 Å². The highest BCUT2D eigenvalue weighted by atomic mass is 16.2. The molecule has 0 radical (unpaired) electrons. The van der Waals surface area contributed by atoms with E-state index < -0.39 is 0 Å². The number of nitrogens with zero attached hydrogens (tertiary/aromatic N) is 9. The van der Waals surface area contributed by atoms with Gasteiger partial charge >= 0.3 is 0 Å². The van der Waals surface area contributed by atoms with Crippen LogP contribution in [-0.2, 0) is 0 Å². The van der Waals surface area contributed by atoms with Gasteiger partial charge in [0, 0.05) is 55.4 Å². The highest BCUT2D eigenvalue weighted by Gasteiger charge is 1.66. The lowest BCUT2D eigenvalue weighted by atomic mass is 10.5. The summed E-state index contributed by atoms with van der Waals surface area (Å²) in [6.07, 6.45) is 0.250. The molecule has 0 fully saturated rings. The fourth-order valence-corrected chi connectivity index (χ4v) is 0.0500. The minimum absolute atomic E-state index is 0.0174. The summed E-state index contributed by atoms with van der Waals surface area (Å²) in [7, 11) is 0. The monoisotopic (exact) mass is 399 g/mol. The molecule has 10 heteroatoms. The Kier molecular flexibility index (Phi) is 560. The summed E-state index contributed by atoms with van der Waals surface area (Å²) in [5.74, 6) is 0. The molecule has 0 atom stereocenters. The minimum atomic E-state index is -0.0174. The summed E-state index contributed by atoms with van der Waals surface area (Å²) in [5.41, 5.74) is 0. The van der Waals surface area contributed by atoms with E-state index in [1.54, 1.807) is 54.6 Å². The maximum atomic E-state index is 7.84. The molecule has 0 saturated carbocycles. The molecule has 0 bridgehead atoms. The van der Waals surface area contributed by atoms with Gasteiger partial charge in [-0.25, -0.2) is 0 Å². The van der Waals surface area contributed by atoms with E-state index in [2.05, 4.69) is 0 Å². The molecule has 0 unspecified atom stereocenters. The molecule has 156 valence electrons. The maximum Gasteiger partial charge on any atom is 0.0645 e. The van der Waals surface area contributed by atoms with Crippen LogP contribution in [0.1, 0.15) is 61.8 Å². The van der Waals surface area contributed by atoms with Gasteiger partial charge in [0.25, 0.3) is 0 Å². The van der Waals surface area contributed by atoms with Crippen molar-refractivity contribution in [3.05, 3.63) is 0 Å². The van der Waals surface area contributed by atoms with Gasteiger partial charge in [0.1, 0.15) is 0 Å². The van der Waals surface area contributed by atoms with Gasteiger partial charge in [-0.15, -0.1) is 0 Å². The average molecular weight is 400 g/mol. The molecule has 29 heavy (non-hydrogen) atoms. The first-order valence-corrected chi connectivity index (χ1v) is 7.18. The molecule has 0 spiro atoms. The van der Waals surface area contributed by atoms with Crippen molar-refractivity contribution in [2.24, 2.45) is 0 Å².